The first kappa shape index (κ1) is 16.8. The van der Waals surface area contributed by atoms with Crippen LogP contribution in [0.5, 0.6) is 0 Å². The number of benzene rings is 2. The van der Waals surface area contributed by atoms with Crippen LogP contribution in [0.15, 0.2) is 47.4 Å². The van der Waals surface area contributed by atoms with E-state index < -0.39 is 27.6 Å². The van der Waals surface area contributed by atoms with Gasteiger partial charge in [-0.05, 0) is 36.4 Å². The largest absolute Gasteiger partial charge is 0.322 e. The summed E-state index contributed by atoms with van der Waals surface area (Å²) in [6, 6.07) is 10.1. The zero-order valence-corrected chi connectivity index (χ0v) is 14.3. The van der Waals surface area contributed by atoms with Gasteiger partial charge >= 0.3 is 0 Å². The minimum Gasteiger partial charge on any atom is -0.322 e. The average molecular weight is 358 g/mol. The van der Waals surface area contributed by atoms with Gasteiger partial charge in [0.1, 0.15) is 0 Å². The molecule has 2 aromatic carbocycles. The number of carbonyl (C=O) groups excluding carboxylic acids is 3. The van der Waals surface area contributed by atoms with Crippen molar-refractivity contribution in [3.05, 3.63) is 59.2 Å². The summed E-state index contributed by atoms with van der Waals surface area (Å²) < 4.78 is 23.2. The molecule has 1 N–H and O–H groups in total. The second-order valence-electron chi connectivity index (χ2n) is 5.68. The lowest BCUT2D eigenvalue weighted by Gasteiger charge is -2.07. The third-order valence-electron chi connectivity index (χ3n) is 3.87. The number of sulfone groups is 1. The molecule has 7 nitrogen and oxygen atoms in total. The molecule has 0 saturated carbocycles. The van der Waals surface area contributed by atoms with Crippen LogP contribution in [0, 0.1) is 0 Å². The summed E-state index contributed by atoms with van der Waals surface area (Å²) in [5.74, 6) is -1.34. The lowest BCUT2D eigenvalue weighted by Crippen LogP contribution is -2.24. The molecule has 0 saturated heterocycles. The van der Waals surface area contributed by atoms with Crippen molar-refractivity contribution in [3.8, 4) is 0 Å². The fraction of sp³-hybridized carbons (Fsp3) is 0.118. The number of anilines is 1. The highest BCUT2D eigenvalue weighted by Gasteiger charge is 2.32. The van der Waals surface area contributed by atoms with E-state index in [2.05, 4.69) is 5.32 Å². The van der Waals surface area contributed by atoms with Crippen molar-refractivity contribution < 1.29 is 22.8 Å². The van der Waals surface area contributed by atoms with Crippen LogP contribution >= 0.6 is 0 Å². The van der Waals surface area contributed by atoms with E-state index in [9.17, 15) is 22.8 Å². The number of hydrogen-bond donors (Lipinski definition) is 1. The Kier molecular flexibility index (Phi) is 3.92. The van der Waals surface area contributed by atoms with Gasteiger partial charge in [0.05, 0.1) is 16.0 Å². The molecule has 0 fully saturated rings. The predicted molar refractivity (Wildman–Crippen MR) is 90.4 cm³/mol. The number of rotatable bonds is 3. The summed E-state index contributed by atoms with van der Waals surface area (Å²) in [4.78, 5) is 37.2. The minimum atomic E-state index is -3.43. The topological polar surface area (TPSA) is 101 Å². The summed E-state index contributed by atoms with van der Waals surface area (Å²) in [6.07, 6.45) is 1.06. The first-order chi connectivity index (χ1) is 11.7. The second-order valence-corrected chi connectivity index (χ2v) is 7.70. The van der Waals surface area contributed by atoms with E-state index in [0.29, 0.717) is 5.69 Å². The lowest BCUT2D eigenvalue weighted by atomic mass is 10.1. The average Bonchev–Trinajstić information content (AvgIpc) is 2.78. The van der Waals surface area contributed by atoms with Gasteiger partial charge in [-0.2, -0.15) is 0 Å². The predicted octanol–water partition coefficient (Wildman–Crippen LogP) is 1.57. The molecule has 3 amide bonds. The van der Waals surface area contributed by atoms with Crippen LogP contribution in [-0.4, -0.2) is 44.3 Å². The van der Waals surface area contributed by atoms with Crippen LogP contribution in [0.25, 0.3) is 0 Å². The minimum absolute atomic E-state index is 0.0384. The number of hydrogen-bond acceptors (Lipinski definition) is 5. The molecule has 128 valence electrons. The van der Waals surface area contributed by atoms with Crippen LogP contribution in [-0.2, 0) is 9.84 Å². The molecule has 3 rings (SSSR count). The number of carbonyl (C=O) groups is 3. The summed E-state index contributed by atoms with van der Waals surface area (Å²) >= 11 is 0. The van der Waals surface area contributed by atoms with Crippen LogP contribution in [0.4, 0.5) is 5.69 Å². The molecule has 0 aromatic heterocycles. The van der Waals surface area contributed by atoms with E-state index in [1.54, 1.807) is 0 Å². The number of amides is 3. The maximum absolute atomic E-state index is 12.3. The Bertz CT molecular complexity index is 1030. The molecule has 0 unspecified atom stereocenters. The number of nitrogens with one attached hydrogen (secondary N) is 1. The van der Waals surface area contributed by atoms with Crippen molar-refractivity contribution in [2.45, 2.75) is 4.90 Å². The second kappa shape index (κ2) is 5.82. The zero-order chi connectivity index (χ0) is 18.4. The maximum atomic E-state index is 12.3. The summed E-state index contributed by atoms with van der Waals surface area (Å²) in [6.45, 7) is 0. The molecule has 0 spiro atoms. The van der Waals surface area contributed by atoms with Crippen LogP contribution in [0.3, 0.4) is 0 Å². The highest BCUT2D eigenvalue weighted by Crippen LogP contribution is 2.25. The van der Waals surface area contributed by atoms with E-state index >= 15 is 0 Å². The molecule has 1 aliphatic rings. The highest BCUT2D eigenvalue weighted by molar-refractivity contribution is 7.90. The third-order valence-corrected chi connectivity index (χ3v) is 4.98. The van der Waals surface area contributed by atoms with Gasteiger partial charge in [0.25, 0.3) is 17.7 Å². The van der Waals surface area contributed by atoms with Gasteiger partial charge in [-0.1, -0.05) is 6.07 Å². The molecule has 8 heteroatoms. The van der Waals surface area contributed by atoms with Crippen LogP contribution < -0.4 is 5.32 Å². The normalized spacial score (nSPS) is 13.8. The number of fused-ring (bicyclic) bond motifs is 1. The third kappa shape index (κ3) is 3.03. The maximum Gasteiger partial charge on any atom is 0.261 e. The van der Waals surface area contributed by atoms with Crippen LogP contribution in [0.2, 0.25) is 0 Å². The highest BCUT2D eigenvalue weighted by atomic mass is 32.2. The Hall–Kier alpha value is -3.00. The molecule has 25 heavy (non-hydrogen) atoms. The zero-order valence-electron chi connectivity index (χ0n) is 13.4. The van der Waals surface area contributed by atoms with Gasteiger partial charge in [0, 0.05) is 24.6 Å². The van der Waals surface area contributed by atoms with E-state index in [1.165, 1.54) is 49.5 Å². The molecule has 1 heterocycles. The van der Waals surface area contributed by atoms with Gasteiger partial charge < -0.3 is 5.32 Å². The Morgan fingerprint density at radius 2 is 1.68 bits per heavy atom. The van der Waals surface area contributed by atoms with E-state index in [1.807, 2.05) is 0 Å². The number of imide groups is 1. The Labute approximate surface area is 144 Å². The molecule has 0 bridgehead atoms. The smallest absolute Gasteiger partial charge is 0.261 e. The quantitative estimate of drug-likeness (QED) is 0.840. The Morgan fingerprint density at radius 3 is 2.36 bits per heavy atom. The lowest BCUT2D eigenvalue weighted by molar-refractivity contribution is 0.0692. The SMILES string of the molecule is CN1C(=O)c2ccc(NC(=O)c3cccc(S(C)(=O)=O)c3)cc2C1=O. The molecular formula is C17H14N2O5S. The van der Waals surface area contributed by atoms with Crippen molar-refractivity contribution in [2.24, 2.45) is 0 Å². The molecule has 0 radical (unpaired) electrons. The van der Waals surface area contributed by atoms with Gasteiger partial charge in [-0.15, -0.1) is 0 Å². The summed E-state index contributed by atoms with van der Waals surface area (Å²) in [5, 5.41) is 2.60. The number of nitrogens with zero attached hydrogens (tertiary/aromatic N) is 1. The van der Waals surface area contributed by atoms with E-state index in [-0.39, 0.29) is 21.6 Å². The molecule has 2 aromatic rings. The van der Waals surface area contributed by atoms with E-state index in [0.717, 1.165) is 11.2 Å². The van der Waals surface area contributed by atoms with Crippen molar-refractivity contribution in [3.63, 3.8) is 0 Å². The Morgan fingerprint density at radius 1 is 1.00 bits per heavy atom. The molecule has 1 aliphatic heterocycles. The standard InChI is InChI=1S/C17H14N2O5S/c1-19-16(21)13-7-6-11(9-14(13)17(19)22)18-15(20)10-4-3-5-12(8-10)25(2,23)24/h3-9H,1-2H3,(H,18,20). The monoisotopic (exact) mass is 358 g/mol. The molecule has 0 atom stereocenters. The first-order valence-corrected chi connectivity index (χ1v) is 9.15. The first-order valence-electron chi connectivity index (χ1n) is 7.26. The van der Waals surface area contributed by atoms with E-state index in [4.69, 9.17) is 0 Å². The van der Waals surface area contributed by atoms with Crippen molar-refractivity contribution in [1.29, 1.82) is 0 Å². The van der Waals surface area contributed by atoms with Crippen LogP contribution in [0.1, 0.15) is 31.1 Å². The molecule has 0 aliphatic carbocycles. The van der Waals surface area contributed by atoms with Gasteiger partial charge in [-0.3, -0.25) is 19.3 Å². The van der Waals surface area contributed by atoms with Crippen molar-refractivity contribution in [2.75, 3.05) is 18.6 Å². The summed E-state index contributed by atoms with van der Waals surface area (Å²) in [7, 11) is -2.04. The fourth-order valence-corrected chi connectivity index (χ4v) is 3.18. The summed E-state index contributed by atoms with van der Waals surface area (Å²) in [5.41, 5.74) is 1.01. The fourth-order valence-electron chi connectivity index (χ4n) is 2.51. The Balaban J connectivity index is 1.88. The van der Waals surface area contributed by atoms with Crippen molar-refractivity contribution >= 4 is 33.2 Å². The van der Waals surface area contributed by atoms with Crippen molar-refractivity contribution in [1.82, 2.24) is 4.90 Å². The van der Waals surface area contributed by atoms with Gasteiger partial charge in [0.15, 0.2) is 9.84 Å². The van der Waals surface area contributed by atoms with Gasteiger partial charge in [-0.25, -0.2) is 8.42 Å². The molecular weight excluding hydrogens is 344 g/mol. The van der Waals surface area contributed by atoms with Gasteiger partial charge in [0.2, 0.25) is 0 Å².